The molecule has 0 N–H and O–H groups in total. The largest absolute Gasteiger partial charge is 0.0622 e. The molecule has 0 radical (unpaired) electrons. The van der Waals surface area contributed by atoms with Gasteiger partial charge in [0.25, 0.3) is 0 Å². The highest BCUT2D eigenvalue weighted by Crippen LogP contribution is 2.47. The molecule has 0 nitrogen and oxygen atoms in total. The third kappa shape index (κ3) is 2.52. The van der Waals surface area contributed by atoms with Crippen LogP contribution in [0.3, 0.4) is 0 Å². The highest BCUT2D eigenvalue weighted by molar-refractivity contribution is 6.39. The molecule has 40 heavy (non-hydrogen) atoms. The fourth-order valence-corrected chi connectivity index (χ4v) is 7.56. The van der Waals surface area contributed by atoms with Gasteiger partial charge < -0.3 is 0 Å². The van der Waals surface area contributed by atoms with Crippen molar-refractivity contribution in [2.45, 2.75) is 0 Å². The van der Waals surface area contributed by atoms with Crippen molar-refractivity contribution in [3.63, 3.8) is 0 Å². The van der Waals surface area contributed by atoms with Gasteiger partial charge in [0.2, 0.25) is 0 Å². The summed E-state index contributed by atoms with van der Waals surface area (Å²) >= 11 is 0. The minimum absolute atomic E-state index is 1.26. The van der Waals surface area contributed by atoms with Gasteiger partial charge in [-0.3, -0.25) is 0 Å². The summed E-state index contributed by atoms with van der Waals surface area (Å²) in [5.74, 6) is 0. The molecule has 0 heterocycles. The van der Waals surface area contributed by atoms with E-state index >= 15 is 0 Å². The standard InChI is InChI=1S/C40H22/c1-2-8-23(9-3-1)24-16-17-28-34(18-24)31-14-7-13-30-33-22-36-35(20-26(33)21-37(28)40(30)31)32-15-6-12-29-27-11-5-4-10-25(27)19-38(36)39(29)32/h1-22H. The maximum Gasteiger partial charge on any atom is -0.00199 e. The molecule has 0 saturated heterocycles. The van der Waals surface area contributed by atoms with Crippen LogP contribution in [0.25, 0.3) is 97.3 Å². The Labute approximate surface area is 230 Å². The zero-order valence-electron chi connectivity index (χ0n) is 21.7. The van der Waals surface area contributed by atoms with E-state index in [1.165, 1.54) is 97.3 Å². The average molecular weight is 503 g/mol. The molecule has 0 atom stereocenters. The van der Waals surface area contributed by atoms with Crippen molar-refractivity contribution in [3.05, 3.63) is 133 Å². The molecule has 0 saturated carbocycles. The van der Waals surface area contributed by atoms with Gasteiger partial charge >= 0.3 is 0 Å². The molecule has 0 amide bonds. The lowest BCUT2D eigenvalue weighted by Gasteiger charge is -2.07. The Morgan fingerprint density at radius 1 is 0.225 bits per heavy atom. The first-order valence-corrected chi connectivity index (χ1v) is 14.0. The van der Waals surface area contributed by atoms with Gasteiger partial charge in [-0.05, 0) is 128 Å². The average Bonchev–Trinajstić information content (AvgIpc) is 3.50. The van der Waals surface area contributed by atoms with E-state index in [1.54, 1.807) is 0 Å². The minimum atomic E-state index is 1.26. The summed E-state index contributed by atoms with van der Waals surface area (Å²) in [6.45, 7) is 0. The molecule has 0 fully saturated rings. The molecule has 10 aromatic rings. The zero-order chi connectivity index (χ0) is 25.9. The number of hydrogen-bond acceptors (Lipinski definition) is 0. The Morgan fingerprint density at radius 2 is 0.775 bits per heavy atom. The molecule has 0 aliphatic heterocycles. The Balaban J connectivity index is 1.36. The van der Waals surface area contributed by atoms with Crippen LogP contribution in [0.15, 0.2) is 133 Å². The predicted molar refractivity (Wildman–Crippen MR) is 174 cm³/mol. The smallest absolute Gasteiger partial charge is 0.00199 e. The first-order chi connectivity index (χ1) is 19.8. The molecule has 10 aromatic carbocycles. The second-order valence-electron chi connectivity index (χ2n) is 11.3. The van der Waals surface area contributed by atoms with Gasteiger partial charge in [0, 0.05) is 0 Å². The van der Waals surface area contributed by atoms with Crippen LogP contribution in [0.2, 0.25) is 0 Å². The molecule has 182 valence electrons. The van der Waals surface area contributed by atoms with Crippen LogP contribution in [-0.2, 0) is 0 Å². The van der Waals surface area contributed by atoms with Gasteiger partial charge in [-0.2, -0.15) is 0 Å². The zero-order valence-corrected chi connectivity index (χ0v) is 21.7. The molecule has 0 aliphatic rings. The lowest BCUT2D eigenvalue weighted by molar-refractivity contribution is 1.66. The SMILES string of the molecule is c1ccc(-c2ccc3c(c2)c2cccc4c5cc6c(cc5cc3c42)c2cccc3c4ccccc4cc6c32)cc1. The molecule has 10 rings (SSSR count). The first kappa shape index (κ1) is 20.7. The Bertz CT molecular complexity index is 2620. The summed E-state index contributed by atoms with van der Waals surface area (Å²) in [7, 11) is 0. The predicted octanol–water partition coefficient (Wildman–Crippen LogP) is 11.5. The molecular formula is C40H22. The number of benzene rings is 8. The highest BCUT2D eigenvalue weighted by atomic mass is 14.2. The van der Waals surface area contributed by atoms with Crippen LogP contribution < -0.4 is 0 Å². The third-order valence-electron chi connectivity index (χ3n) is 9.29. The third-order valence-corrected chi connectivity index (χ3v) is 9.29. The molecule has 0 unspecified atom stereocenters. The molecule has 0 bridgehead atoms. The lowest BCUT2D eigenvalue weighted by Crippen LogP contribution is -1.79. The number of hydrogen-bond donors (Lipinski definition) is 0. The van der Waals surface area contributed by atoms with Crippen LogP contribution in [-0.4, -0.2) is 0 Å². The van der Waals surface area contributed by atoms with Gasteiger partial charge in [-0.25, -0.2) is 0 Å². The number of rotatable bonds is 1. The van der Waals surface area contributed by atoms with Gasteiger partial charge in [0.1, 0.15) is 0 Å². The van der Waals surface area contributed by atoms with Crippen LogP contribution in [0.4, 0.5) is 0 Å². The summed E-state index contributed by atoms with van der Waals surface area (Å²) in [5.41, 5.74) is 2.53. The fourth-order valence-electron chi connectivity index (χ4n) is 7.56. The summed E-state index contributed by atoms with van der Waals surface area (Å²) in [6, 6.07) is 49.9. The van der Waals surface area contributed by atoms with Crippen LogP contribution in [0.1, 0.15) is 0 Å². The van der Waals surface area contributed by atoms with Crippen molar-refractivity contribution in [2.24, 2.45) is 0 Å². The van der Waals surface area contributed by atoms with Gasteiger partial charge in [-0.1, -0.05) is 103 Å². The lowest BCUT2D eigenvalue weighted by atomic mass is 9.96. The monoisotopic (exact) mass is 502 g/mol. The summed E-state index contributed by atoms with van der Waals surface area (Å²) in [4.78, 5) is 0. The van der Waals surface area contributed by atoms with Crippen LogP contribution in [0, 0.1) is 0 Å². The van der Waals surface area contributed by atoms with E-state index in [9.17, 15) is 0 Å². The van der Waals surface area contributed by atoms with Gasteiger partial charge in [0.05, 0.1) is 0 Å². The van der Waals surface area contributed by atoms with E-state index in [1.807, 2.05) is 0 Å². The fraction of sp³-hybridized carbons (Fsp3) is 0. The maximum absolute atomic E-state index is 2.47. The first-order valence-electron chi connectivity index (χ1n) is 14.0. The second-order valence-corrected chi connectivity index (χ2v) is 11.3. The summed E-state index contributed by atoms with van der Waals surface area (Å²) < 4.78 is 0. The Hall–Kier alpha value is -5.20. The molecule has 0 aliphatic carbocycles. The maximum atomic E-state index is 2.47. The molecule has 0 spiro atoms. The van der Waals surface area contributed by atoms with Crippen LogP contribution in [0.5, 0.6) is 0 Å². The van der Waals surface area contributed by atoms with Gasteiger partial charge in [0.15, 0.2) is 0 Å². The quantitative estimate of drug-likeness (QED) is 0.196. The van der Waals surface area contributed by atoms with Gasteiger partial charge in [-0.15, -0.1) is 0 Å². The van der Waals surface area contributed by atoms with Crippen molar-refractivity contribution in [2.75, 3.05) is 0 Å². The molecular weight excluding hydrogens is 480 g/mol. The normalized spacial score (nSPS) is 12.5. The van der Waals surface area contributed by atoms with E-state index < -0.39 is 0 Å². The van der Waals surface area contributed by atoms with E-state index in [0.717, 1.165) is 0 Å². The molecule has 0 heteroatoms. The van der Waals surface area contributed by atoms with E-state index in [-0.39, 0.29) is 0 Å². The summed E-state index contributed by atoms with van der Waals surface area (Å²) in [6.07, 6.45) is 0. The van der Waals surface area contributed by atoms with Crippen molar-refractivity contribution in [1.29, 1.82) is 0 Å². The Morgan fingerprint density at radius 3 is 1.57 bits per heavy atom. The van der Waals surface area contributed by atoms with Crippen molar-refractivity contribution < 1.29 is 0 Å². The minimum Gasteiger partial charge on any atom is -0.0622 e. The van der Waals surface area contributed by atoms with E-state index in [4.69, 9.17) is 0 Å². The van der Waals surface area contributed by atoms with Crippen molar-refractivity contribution in [1.82, 2.24) is 0 Å². The topological polar surface area (TPSA) is 0 Å². The molecule has 0 aromatic heterocycles. The van der Waals surface area contributed by atoms with E-state index in [0.29, 0.717) is 0 Å². The van der Waals surface area contributed by atoms with E-state index in [2.05, 4.69) is 133 Å². The summed E-state index contributed by atoms with van der Waals surface area (Å²) in [5, 5.41) is 21.6. The Kier molecular flexibility index (Phi) is 3.76. The second kappa shape index (κ2) is 7.25. The highest BCUT2D eigenvalue weighted by Gasteiger charge is 2.18. The van der Waals surface area contributed by atoms with Crippen molar-refractivity contribution in [3.8, 4) is 11.1 Å². The van der Waals surface area contributed by atoms with Crippen molar-refractivity contribution >= 4 is 86.2 Å². The number of fused-ring (bicyclic) bond motifs is 10. The van der Waals surface area contributed by atoms with Crippen LogP contribution >= 0.6 is 0 Å².